The Kier molecular flexibility index (Phi) is 5.86. The van der Waals surface area contributed by atoms with Crippen LogP contribution < -0.4 is 10.2 Å². The zero-order chi connectivity index (χ0) is 14.4. The monoisotopic (exact) mass is 276 g/mol. The summed E-state index contributed by atoms with van der Waals surface area (Å²) in [6.45, 7) is 8.86. The van der Waals surface area contributed by atoms with E-state index in [0.717, 1.165) is 32.6 Å². The Morgan fingerprint density at radius 3 is 2.95 bits per heavy atom. The van der Waals surface area contributed by atoms with Gasteiger partial charge in [0.05, 0.1) is 0 Å². The molecular weight excluding hydrogens is 248 g/mol. The summed E-state index contributed by atoms with van der Waals surface area (Å²) in [5.41, 5.74) is 4.09. The molecule has 2 N–H and O–H groups in total. The van der Waals surface area contributed by atoms with Gasteiger partial charge >= 0.3 is 0 Å². The Morgan fingerprint density at radius 2 is 2.25 bits per heavy atom. The predicted molar refractivity (Wildman–Crippen MR) is 85.2 cm³/mol. The number of aryl methyl sites for hydroxylation is 1. The zero-order valence-corrected chi connectivity index (χ0v) is 12.9. The van der Waals surface area contributed by atoms with Gasteiger partial charge in [0.1, 0.15) is 0 Å². The lowest BCUT2D eigenvalue weighted by molar-refractivity contribution is 0.244. The van der Waals surface area contributed by atoms with Crippen molar-refractivity contribution in [2.75, 3.05) is 31.1 Å². The van der Waals surface area contributed by atoms with Crippen molar-refractivity contribution in [3.8, 4) is 0 Å². The third kappa shape index (κ3) is 3.97. The number of nitrogens with one attached hydrogen (secondary N) is 1. The van der Waals surface area contributed by atoms with Crippen LogP contribution in [0.4, 0.5) is 5.69 Å². The highest BCUT2D eigenvalue weighted by molar-refractivity contribution is 5.54. The summed E-state index contributed by atoms with van der Waals surface area (Å²) in [6, 6.07) is 6.80. The smallest absolute Gasteiger partial charge is 0.0434 e. The molecule has 0 saturated carbocycles. The number of piperidine rings is 1. The fraction of sp³-hybridized carbons (Fsp3) is 0.647. The Balaban J connectivity index is 2.04. The topological polar surface area (TPSA) is 35.5 Å². The van der Waals surface area contributed by atoms with Crippen LogP contribution in [0.3, 0.4) is 0 Å². The molecule has 0 amide bonds. The van der Waals surface area contributed by atoms with Crippen molar-refractivity contribution < 1.29 is 5.11 Å². The van der Waals surface area contributed by atoms with Gasteiger partial charge in [-0.05, 0) is 55.8 Å². The second kappa shape index (κ2) is 7.65. The van der Waals surface area contributed by atoms with Gasteiger partial charge in [0, 0.05) is 31.9 Å². The van der Waals surface area contributed by atoms with Crippen LogP contribution in [0.2, 0.25) is 0 Å². The molecule has 1 aliphatic rings. The van der Waals surface area contributed by atoms with Crippen molar-refractivity contribution in [2.24, 2.45) is 5.92 Å². The molecule has 1 saturated heterocycles. The molecule has 0 aromatic heterocycles. The fourth-order valence-electron chi connectivity index (χ4n) is 3.15. The Labute approximate surface area is 123 Å². The van der Waals surface area contributed by atoms with Crippen LogP contribution >= 0.6 is 0 Å². The second-order valence-corrected chi connectivity index (χ2v) is 5.87. The number of benzene rings is 1. The molecule has 1 unspecified atom stereocenters. The van der Waals surface area contributed by atoms with E-state index in [9.17, 15) is 0 Å². The van der Waals surface area contributed by atoms with Crippen molar-refractivity contribution in [3.05, 3.63) is 29.3 Å². The molecule has 0 spiro atoms. The number of nitrogens with zero attached hydrogens (tertiary/aromatic N) is 1. The molecule has 1 heterocycles. The summed E-state index contributed by atoms with van der Waals surface area (Å²) in [7, 11) is 0. The van der Waals surface area contributed by atoms with E-state index in [1.54, 1.807) is 0 Å². The lowest BCUT2D eigenvalue weighted by Crippen LogP contribution is -2.36. The molecule has 112 valence electrons. The first-order valence-corrected chi connectivity index (χ1v) is 7.90. The molecule has 1 atom stereocenters. The number of rotatable bonds is 6. The average Bonchev–Trinajstić information content (AvgIpc) is 2.46. The van der Waals surface area contributed by atoms with Crippen molar-refractivity contribution in [1.29, 1.82) is 0 Å². The van der Waals surface area contributed by atoms with Gasteiger partial charge in [0.15, 0.2) is 0 Å². The lowest BCUT2D eigenvalue weighted by atomic mass is 9.94. The van der Waals surface area contributed by atoms with Crippen LogP contribution in [0.25, 0.3) is 0 Å². The number of aliphatic hydroxyl groups excluding tert-OH is 1. The van der Waals surface area contributed by atoms with Gasteiger partial charge in [-0.3, -0.25) is 0 Å². The molecule has 0 bridgehead atoms. The maximum atomic E-state index is 9.12. The predicted octanol–water partition coefficient (Wildman–Crippen LogP) is 2.70. The highest BCUT2D eigenvalue weighted by Crippen LogP contribution is 2.28. The van der Waals surface area contributed by atoms with E-state index in [1.807, 2.05) is 0 Å². The van der Waals surface area contributed by atoms with E-state index < -0.39 is 0 Å². The SMILES string of the molecule is CCNCc1ccc(N2CCCC(CCO)C2)c(C)c1. The molecule has 2 rings (SSSR count). The maximum absolute atomic E-state index is 9.12. The minimum atomic E-state index is 0.319. The third-order valence-electron chi connectivity index (χ3n) is 4.24. The van der Waals surface area contributed by atoms with Gasteiger partial charge in [-0.1, -0.05) is 19.1 Å². The summed E-state index contributed by atoms with van der Waals surface area (Å²) < 4.78 is 0. The van der Waals surface area contributed by atoms with Gasteiger partial charge in [-0.15, -0.1) is 0 Å². The van der Waals surface area contributed by atoms with Gasteiger partial charge in [-0.25, -0.2) is 0 Å². The summed E-state index contributed by atoms with van der Waals surface area (Å²) in [6.07, 6.45) is 3.44. The number of aliphatic hydroxyl groups is 1. The molecule has 1 aromatic rings. The minimum Gasteiger partial charge on any atom is -0.396 e. The van der Waals surface area contributed by atoms with E-state index in [4.69, 9.17) is 5.11 Å². The maximum Gasteiger partial charge on any atom is 0.0434 e. The lowest BCUT2D eigenvalue weighted by Gasteiger charge is -2.35. The molecule has 20 heavy (non-hydrogen) atoms. The van der Waals surface area contributed by atoms with E-state index in [2.05, 4.69) is 42.3 Å². The van der Waals surface area contributed by atoms with E-state index >= 15 is 0 Å². The third-order valence-corrected chi connectivity index (χ3v) is 4.24. The van der Waals surface area contributed by atoms with Gasteiger partial charge in [0.2, 0.25) is 0 Å². The van der Waals surface area contributed by atoms with Crippen LogP contribution in [0.1, 0.15) is 37.3 Å². The summed E-state index contributed by atoms with van der Waals surface area (Å²) in [5, 5.41) is 12.5. The summed E-state index contributed by atoms with van der Waals surface area (Å²) in [5.74, 6) is 0.648. The first-order valence-electron chi connectivity index (χ1n) is 7.90. The number of hydrogen-bond donors (Lipinski definition) is 2. The van der Waals surface area contributed by atoms with Gasteiger partial charge in [0.25, 0.3) is 0 Å². The van der Waals surface area contributed by atoms with Crippen molar-refractivity contribution >= 4 is 5.69 Å². The molecular formula is C17H28N2O. The summed E-state index contributed by atoms with van der Waals surface area (Å²) in [4.78, 5) is 2.50. The molecule has 0 radical (unpaired) electrons. The molecule has 1 aliphatic heterocycles. The van der Waals surface area contributed by atoms with Crippen LogP contribution in [0, 0.1) is 12.8 Å². The standard InChI is InChI=1S/C17H28N2O/c1-3-18-12-16-6-7-17(14(2)11-16)19-9-4-5-15(13-19)8-10-20/h6-7,11,15,18,20H,3-5,8-10,12-13H2,1-2H3. The molecule has 3 nitrogen and oxygen atoms in total. The Morgan fingerprint density at radius 1 is 1.40 bits per heavy atom. The second-order valence-electron chi connectivity index (χ2n) is 5.87. The summed E-state index contributed by atoms with van der Waals surface area (Å²) >= 11 is 0. The first-order chi connectivity index (χ1) is 9.74. The Bertz CT molecular complexity index is 417. The first kappa shape index (κ1) is 15.3. The zero-order valence-electron chi connectivity index (χ0n) is 12.9. The fourth-order valence-corrected chi connectivity index (χ4v) is 3.15. The number of anilines is 1. The van der Waals surface area contributed by atoms with E-state index in [-0.39, 0.29) is 0 Å². The minimum absolute atomic E-state index is 0.319. The van der Waals surface area contributed by atoms with Crippen LogP contribution in [-0.4, -0.2) is 31.3 Å². The largest absolute Gasteiger partial charge is 0.396 e. The average molecular weight is 276 g/mol. The van der Waals surface area contributed by atoms with Crippen LogP contribution in [0.5, 0.6) is 0 Å². The number of hydrogen-bond acceptors (Lipinski definition) is 3. The van der Waals surface area contributed by atoms with E-state index in [0.29, 0.717) is 12.5 Å². The molecule has 3 heteroatoms. The highest BCUT2D eigenvalue weighted by atomic mass is 16.3. The Hall–Kier alpha value is -1.06. The van der Waals surface area contributed by atoms with Gasteiger partial charge < -0.3 is 15.3 Å². The van der Waals surface area contributed by atoms with Crippen molar-refractivity contribution in [3.63, 3.8) is 0 Å². The van der Waals surface area contributed by atoms with Crippen molar-refractivity contribution in [2.45, 2.75) is 39.7 Å². The van der Waals surface area contributed by atoms with Crippen molar-refractivity contribution in [1.82, 2.24) is 5.32 Å². The van der Waals surface area contributed by atoms with Crippen LogP contribution in [-0.2, 0) is 6.54 Å². The van der Waals surface area contributed by atoms with Crippen LogP contribution in [0.15, 0.2) is 18.2 Å². The highest BCUT2D eigenvalue weighted by Gasteiger charge is 2.20. The quantitative estimate of drug-likeness (QED) is 0.838. The molecule has 1 fully saturated rings. The normalized spacial score (nSPS) is 19.4. The van der Waals surface area contributed by atoms with E-state index in [1.165, 1.54) is 29.7 Å². The van der Waals surface area contributed by atoms with Gasteiger partial charge in [-0.2, -0.15) is 0 Å². The molecule has 1 aromatic carbocycles. The molecule has 0 aliphatic carbocycles.